The van der Waals surface area contributed by atoms with Crippen molar-refractivity contribution < 1.29 is 19.5 Å². The number of fused-ring (bicyclic) bond motifs is 1. The first-order chi connectivity index (χ1) is 18.8. The second-order valence-corrected chi connectivity index (χ2v) is 9.18. The fraction of sp³-hybridized carbons (Fsp3) is 0.179. The van der Waals surface area contributed by atoms with Crippen molar-refractivity contribution in [3.05, 3.63) is 118 Å². The molecule has 3 heterocycles. The van der Waals surface area contributed by atoms with Gasteiger partial charge < -0.3 is 26.0 Å². The minimum Gasteiger partial charge on any atom is -0.756 e. The number of hydrogen-bond acceptors (Lipinski definition) is 7. The largest absolute Gasteiger partial charge is 0.756 e. The number of primary amides is 1. The summed E-state index contributed by atoms with van der Waals surface area (Å²) in [5.41, 5.74) is 7.99. The molecule has 0 aliphatic carbocycles. The van der Waals surface area contributed by atoms with Gasteiger partial charge in [0.1, 0.15) is 0 Å². The zero-order valence-corrected chi connectivity index (χ0v) is 20.8. The van der Waals surface area contributed by atoms with E-state index in [4.69, 9.17) is 5.73 Å². The number of pyridine rings is 1. The van der Waals surface area contributed by atoms with E-state index in [1.807, 2.05) is 18.2 Å². The molecule has 0 bridgehead atoms. The van der Waals surface area contributed by atoms with Gasteiger partial charge in [-0.05, 0) is 41.8 Å². The van der Waals surface area contributed by atoms with E-state index in [1.54, 1.807) is 53.6 Å². The standard InChI is InChI=1S/C28H25N6O5/c29-25(36)24(35)23(15-18-7-2-1-3-8-18)34(39)28(38)22-11-6-13-30-26(22)33-14-12-20(31-33)17-32-16-19-9-4-5-10-21(19)27(32)37/h1-14,23-24,35H,15-17H2,(H2,29,36)/q-1. The van der Waals surface area contributed by atoms with Crippen LogP contribution < -0.4 is 5.73 Å². The van der Waals surface area contributed by atoms with Gasteiger partial charge in [0, 0.05) is 24.5 Å². The summed E-state index contributed by atoms with van der Waals surface area (Å²) in [6.45, 7) is 0.708. The third-order valence-corrected chi connectivity index (χ3v) is 6.57. The molecule has 0 fully saturated rings. The molecule has 2 atom stereocenters. The molecule has 198 valence electrons. The van der Waals surface area contributed by atoms with Crippen molar-refractivity contribution >= 4 is 17.7 Å². The molecule has 1 aliphatic rings. The average Bonchev–Trinajstić information content (AvgIpc) is 3.55. The smallest absolute Gasteiger partial charge is 0.254 e. The van der Waals surface area contributed by atoms with Crippen LogP contribution in [0.1, 0.15) is 37.5 Å². The molecule has 3 amide bonds. The Morgan fingerprint density at radius 1 is 1.05 bits per heavy atom. The monoisotopic (exact) mass is 525 g/mol. The molecular weight excluding hydrogens is 500 g/mol. The van der Waals surface area contributed by atoms with E-state index in [0.717, 1.165) is 5.56 Å². The highest BCUT2D eigenvalue weighted by Crippen LogP contribution is 2.24. The Morgan fingerprint density at radius 2 is 1.79 bits per heavy atom. The highest BCUT2D eigenvalue weighted by molar-refractivity contribution is 5.98. The summed E-state index contributed by atoms with van der Waals surface area (Å²) in [5.74, 6) is -2.14. The van der Waals surface area contributed by atoms with Crippen LogP contribution in [0.4, 0.5) is 0 Å². The zero-order chi connectivity index (χ0) is 27.5. The van der Waals surface area contributed by atoms with Crippen LogP contribution in [0.2, 0.25) is 0 Å². The lowest BCUT2D eigenvalue weighted by molar-refractivity contribution is -0.128. The van der Waals surface area contributed by atoms with Crippen LogP contribution >= 0.6 is 0 Å². The number of nitrogens with two attached hydrogens (primary N) is 1. The van der Waals surface area contributed by atoms with Crippen LogP contribution in [0.25, 0.3) is 5.82 Å². The second kappa shape index (κ2) is 10.9. The van der Waals surface area contributed by atoms with Crippen LogP contribution in [0, 0.1) is 5.21 Å². The molecule has 4 aromatic rings. The number of carbonyl (C=O) groups excluding carboxylic acids is 3. The molecule has 2 aromatic carbocycles. The zero-order valence-electron chi connectivity index (χ0n) is 20.8. The van der Waals surface area contributed by atoms with Crippen molar-refractivity contribution in [3.8, 4) is 5.82 Å². The first kappa shape index (κ1) is 25.8. The van der Waals surface area contributed by atoms with Gasteiger partial charge in [-0.3, -0.25) is 14.4 Å². The topological polar surface area (TPSA) is 158 Å². The molecule has 2 unspecified atom stereocenters. The molecule has 0 saturated carbocycles. The summed E-state index contributed by atoms with van der Waals surface area (Å²) in [7, 11) is 0. The predicted octanol–water partition coefficient (Wildman–Crippen LogP) is 1.82. The van der Waals surface area contributed by atoms with Gasteiger partial charge in [0.25, 0.3) is 5.91 Å². The average molecular weight is 526 g/mol. The van der Waals surface area contributed by atoms with Gasteiger partial charge >= 0.3 is 0 Å². The number of hydrogen-bond donors (Lipinski definition) is 2. The SMILES string of the molecule is NC(=O)C(O)C(Cc1ccccc1)N([O-])C(=O)c1cccnc1-n1ccc(CN2Cc3ccccc3C2=O)n1. The van der Waals surface area contributed by atoms with Gasteiger partial charge in [-0.2, -0.15) is 5.10 Å². The molecule has 0 radical (unpaired) electrons. The lowest BCUT2D eigenvalue weighted by Gasteiger charge is -2.39. The maximum atomic E-state index is 13.4. The third-order valence-electron chi connectivity index (χ3n) is 6.57. The Hall–Kier alpha value is -4.87. The molecule has 2 aromatic heterocycles. The summed E-state index contributed by atoms with van der Waals surface area (Å²) in [4.78, 5) is 43.8. The number of aliphatic hydroxyl groups excluding tert-OH is 1. The Morgan fingerprint density at radius 3 is 2.54 bits per heavy atom. The van der Waals surface area contributed by atoms with Crippen LogP contribution in [0.5, 0.6) is 0 Å². The van der Waals surface area contributed by atoms with Gasteiger partial charge in [-0.1, -0.05) is 48.5 Å². The number of carbonyl (C=O) groups is 3. The predicted molar refractivity (Wildman–Crippen MR) is 140 cm³/mol. The summed E-state index contributed by atoms with van der Waals surface area (Å²) in [6.07, 6.45) is 1.05. The molecule has 3 N–H and O–H groups in total. The molecule has 11 nitrogen and oxygen atoms in total. The highest BCUT2D eigenvalue weighted by Gasteiger charge is 2.31. The number of rotatable bonds is 9. The number of aromatic nitrogens is 3. The summed E-state index contributed by atoms with van der Waals surface area (Å²) in [5, 5.41) is 28.2. The normalized spacial score (nSPS) is 14.1. The van der Waals surface area contributed by atoms with Gasteiger partial charge in [0.2, 0.25) is 11.8 Å². The first-order valence-corrected chi connectivity index (χ1v) is 12.2. The molecule has 0 spiro atoms. The van der Waals surface area contributed by atoms with E-state index in [0.29, 0.717) is 23.4 Å². The summed E-state index contributed by atoms with van der Waals surface area (Å²) < 4.78 is 1.35. The van der Waals surface area contributed by atoms with Gasteiger partial charge in [-0.15, -0.1) is 0 Å². The van der Waals surface area contributed by atoms with Gasteiger partial charge in [0.15, 0.2) is 11.9 Å². The number of benzene rings is 2. The van der Waals surface area contributed by atoms with Crippen LogP contribution in [0.3, 0.4) is 0 Å². The highest BCUT2D eigenvalue weighted by atomic mass is 16.5. The number of hydroxylamine groups is 2. The lowest BCUT2D eigenvalue weighted by Crippen LogP contribution is -2.50. The maximum Gasteiger partial charge on any atom is 0.254 e. The summed E-state index contributed by atoms with van der Waals surface area (Å²) in [6, 6.07) is 19.2. The van der Waals surface area contributed by atoms with E-state index >= 15 is 0 Å². The van der Waals surface area contributed by atoms with Crippen molar-refractivity contribution in [3.63, 3.8) is 0 Å². The Balaban J connectivity index is 1.38. The van der Waals surface area contributed by atoms with E-state index in [9.17, 15) is 24.7 Å². The van der Waals surface area contributed by atoms with Crippen molar-refractivity contribution in [1.82, 2.24) is 24.7 Å². The molecule has 1 aliphatic heterocycles. The minimum absolute atomic E-state index is 0.0630. The van der Waals surface area contributed by atoms with Crippen molar-refractivity contribution in [2.45, 2.75) is 31.7 Å². The number of amides is 3. The van der Waals surface area contributed by atoms with Gasteiger partial charge in [-0.25, -0.2) is 9.67 Å². The lowest BCUT2D eigenvalue weighted by atomic mass is 10.00. The molecule has 39 heavy (non-hydrogen) atoms. The second-order valence-electron chi connectivity index (χ2n) is 9.18. The molecular formula is C28H25N6O5-. The van der Waals surface area contributed by atoms with E-state index < -0.39 is 24.0 Å². The van der Waals surface area contributed by atoms with E-state index in [-0.39, 0.29) is 35.3 Å². The summed E-state index contributed by atoms with van der Waals surface area (Å²) >= 11 is 0. The Kier molecular flexibility index (Phi) is 7.17. The Labute approximate surface area is 223 Å². The number of aliphatic hydroxyl groups is 1. The fourth-order valence-corrected chi connectivity index (χ4v) is 4.59. The van der Waals surface area contributed by atoms with Crippen molar-refractivity contribution in [1.29, 1.82) is 0 Å². The van der Waals surface area contributed by atoms with Crippen molar-refractivity contribution in [2.24, 2.45) is 5.73 Å². The van der Waals surface area contributed by atoms with Crippen LogP contribution in [-0.2, 0) is 24.3 Å². The fourth-order valence-electron chi connectivity index (χ4n) is 4.59. The van der Waals surface area contributed by atoms with Crippen molar-refractivity contribution in [2.75, 3.05) is 0 Å². The maximum absolute atomic E-state index is 13.4. The van der Waals surface area contributed by atoms with Crippen LogP contribution in [0.15, 0.2) is 85.2 Å². The minimum atomic E-state index is -1.88. The molecule has 11 heteroatoms. The van der Waals surface area contributed by atoms with E-state index in [1.165, 1.54) is 23.0 Å². The number of nitrogens with zero attached hydrogens (tertiary/aromatic N) is 5. The first-order valence-electron chi connectivity index (χ1n) is 12.2. The molecule has 5 rings (SSSR count). The Bertz CT molecular complexity index is 1520. The third kappa shape index (κ3) is 5.26. The van der Waals surface area contributed by atoms with Crippen LogP contribution in [-0.4, -0.2) is 59.7 Å². The quantitative estimate of drug-likeness (QED) is 0.316. The molecule has 0 saturated heterocycles. The van der Waals surface area contributed by atoms with Gasteiger partial charge in [0.05, 0.1) is 23.8 Å². The van der Waals surface area contributed by atoms with E-state index in [2.05, 4.69) is 10.1 Å².